The maximum absolute atomic E-state index is 12.8. The maximum Gasteiger partial charge on any atom is 0.310 e. The Bertz CT molecular complexity index is 1070. The second-order valence-corrected chi connectivity index (χ2v) is 5.95. The molecule has 3 rings (SSSR count). The first-order chi connectivity index (χ1) is 13.0. The molecular weight excluding hydrogens is 344 g/mol. The predicted molar refractivity (Wildman–Crippen MR) is 99.1 cm³/mol. The SMILES string of the molecule is COc1ccc(Cn2nc(C)cc(Oc3ccc(C#N)nc3C)c2=O)cc1. The third kappa shape index (κ3) is 4.12. The number of benzene rings is 1. The highest BCUT2D eigenvalue weighted by atomic mass is 16.5. The summed E-state index contributed by atoms with van der Waals surface area (Å²) in [5.41, 5.74) is 2.04. The predicted octanol–water partition coefficient (Wildman–Crippen LogP) is 2.98. The van der Waals surface area contributed by atoms with Gasteiger partial charge in [-0.05, 0) is 43.7 Å². The van der Waals surface area contributed by atoms with E-state index in [4.69, 9.17) is 14.7 Å². The Morgan fingerprint density at radius 3 is 2.48 bits per heavy atom. The van der Waals surface area contributed by atoms with Gasteiger partial charge in [0.15, 0.2) is 5.75 Å². The standard InChI is InChI=1S/C20H18N4O3/c1-13-10-19(27-18-9-6-16(11-21)22-14(18)2)20(25)24(23-13)12-15-4-7-17(26-3)8-5-15/h4-10H,12H2,1-3H3. The summed E-state index contributed by atoms with van der Waals surface area (Å²) in [5.74, 6) is 1.33. The Morgan fingerprint density at radius 1 is 1.11 bits per heavy atom. The van der Waals surface area contributed by atoms with Gasteiger partial charge in [-0.3, -0.25) is 4.79 Å². The fraction of sp³-hybridized carbons (Fsp3) is 0.200. The van der Waals surface area contributed by atoms with Gasteiger partial charge in [0.25, 0.3) is 0 Å². The van der Waals surface area contributed by atoms with Gasteiger partial charge in [-0.1, -0.05) is 12.1 Å². The Hall–Kier alpha value is -3.66. The molecule has 0 spiro atoms. The van der Waals surface area contributed by atoms with Gasteiger partial charge in [0.05, 0.1) is 25.0 Å². The van der Waals surface area contributed by atoms with Crippen molar-refractivity contribution in [2.45, 2.75) is 20.4 Å². The lowest BCUT2D eigenvalue weighted by molar-refractivity contribution is 0.414. The Morgan fingerprint density at radius 2 is 1.85 bits per heavy atom. The molecule has 2 heterocycles. The van der Waals surface area contributed by atoms with Crippen LogP contribution >= 0.6 is 0 Å². The second kappa shape index (κ2) is 7.70. The lowest BCUT2D eigenvalue weighted by Gasteiger charge is -2.11. The molecule has 0 bridgehead atoms. The molecule has 0 fully saturated rings. The van der Waals surface area contributed by atoms with E-state index < -0.39 is 0 Å². The van der Waals surface area contributed by atoms with Gasteiger partial charge in [0.2, 0.25) is 0 Å². The first-order valence-corrected chi connectivity index (χ1v) is 8.27. The summed E-state index contributed by atoms with van der Waals surface area (Å²) >= 11 is 0. The average Bonchev–Trinajstić information content (AvgIpc) is 2.67. The number of pyridine rings is 1. The van der Waals surface area contributed by atoms with Crippen LogP contribution in [0.5, 0.6) is 17.2 Å². The highest BCUT2D eigenvalue weighted by Gasteiger charge is 2.12. The topological polar surface area (TPSA) is 90.0 Å². The van der Waals surface area contributed by atoms with Crippen molar-refractivity contribution >= 4 is 0 Å². The van der Waals surface area contributed by atoms with E-state index in [9.17, 15) is 4.79 Å². The van der Waals surface area contributed by atoms with Crippen LogP contribution in [-0.2, 0) is 6.54 Å². The molecule has 3 aromatic rings. The first-order valence-electron chi connectivity index (χ1n) is 8.27. The Labute approximate surface area is 156 Å². The van der Waals surface area contributed by atoms with E-state index in [1.165, 1.54) is 4.68 Å². The van der Waals surface area contributed by atoms with E-state index >= 15 is 0 Å². The third-order valence-corrected chi connectivity index (χ3v) is 3.93. The van der Waals surface area contributed by atoms with Crippen LogP contribution in [-0.4, -0.2) is 21.9 Å². The van der Waals surface area contributed by atoms with Gasteiger partial charge in [0.1, 0.15) is 23.3 Å². The molecule has 0 aliphatic heterocycles. The minimum absolute atomic E-state index is 0.158. The van der Waals surface area contributed by atoms with Gasteiger partial charge in [-0.2, -0.15) is 10.4 Å². The van der Waals surface area contributed by atoms with E-state index in [-0.39, 0.29) is 11.3 Å². The molecule has 0 unspecified atom stereocenters. The molecular formula is C20H18N4O3. The number of nitrogens with zero attached hydrogens (tertiary/aromatic N) is 4. The van der Waals surface area contributed by atoms with Crippen molar-refractivity contribution in [3.05, 3.63) is 75.5 Å². The molecule has 0 aliphatic carbocycles. The molecule has 0 saturated carbocycles. The minimum atomic E-state index is -0.347. The molecule has 27 heavy (non-hydrogen) atoms. The van der Waals surface area contributed by atoms with Crippen LogP contribution in [0.1, 0.15) is 22.6 Å². The van der Waals surface area contributed by atoms with Crippen molar-refractivity contribution in [1.29, 1.82) is 5.26 Å². The number of hydrogen-bond acceptors (Lipinski definition) is 6. The van der Waals surface area contributed by atoms with Gasteiger partial charge in [0, 0.05) is 6.07 Å². The van der Waals surface area contributed by atoms with Crippen LogP contribution in [0.15, 0.2) is 47.3 Å². The highest BCUT2D eigenvalue weighted by Crippen LogP contribution is 2.22. The summed E-state index contributed by atoms with van der Waals surface area (Å²) in [5, 5.41) is 13.2. The van der Waals surface area contributed by atoms with E-state index in [1.54, 1.807) is 39.2 Å². The summed E-state index contributed by atoms with van der Waals surface area (Å²) in [4.78, 5) is 16.9. The van der Waals surface area contributed by atoms with Gasteiger partial charge in [-0.15, -0.1) is 0 Å². The zero-order valence-corrected chi connectivity index (χ0v) is 15.3. The number of methoxy groups -OCH3 is 1. The van der Waals surface area contributed by atoms with Crippen LogP contribution in [0.3, 0.4) is 0 Å². The average molecular weight is 362 g/mol. The smallest absolute Gasteiger partial charge is 0.310 e. The van der Waals surface area contributed by atoms with E-state index in [0.717, 1.165) is 11.3 Å². The second-order valence-electron chi connectivity index (χ2n) is 5.95. The maximum atomic E-state index is 12.8. The number of ether oxygens (including phenoxy) is 2. The van der Waals surface area contributed by atoms with Crippen LogP contribution in [0.4, 0.5) is 0 Å². The number of aryl methyl sites for hydroxylation is 2. The van der Waals surface area contributed by atoms with Crippen molar-refractivity contribution < 1.29 is 9.47 Å². The van der Waals surface area contributed by atoms with Crippen molar-refractivity contribution in [2.24, 2.45) is 0 Å². The highest BCUT2D eigenvalue weighted by molar-refractivity contribution is 5.36. The molecule has 0 N–H and O–H groups in total. The molecule has 1 aromatic carbocycles. The lowest BCUT2D eigenvalue weighted by atomic mass is 10.2. The van der Waals surface area contributed by atoms with E-state index in [1.807, 2.05) is 30.3 Å². The van der Waals surface area contributed by atoms with Crippen LogP contribution in [0.25, 0.3) is 0 Å². The van der Waals surface area contributed by atoms with E-state index in [0.29, 0.717) is 29.4 Å². The molecule has 0 amide bonds. The van der Waals surface area contributed by atoms with Crippen molar-refractivity contribution in [2.75, 3.05) is 7.11 Å². The molecule has 0 aliphatic rings. The largest absolute Gasteiger partial charge is 0.497 e. The number of aromatic nitrogens is 3. The van der Waals surface area contributed by atoms with Gasteiger partial charge >= 0.3 is 5.56 Å². The third-order valence-electron chi connectivity index (χ3n) is 3.93. The fourth-order valence-electron chi connectivity index (χ4n) is 2.56. The zero-order chi connectivity index (χ0) is 19.4. The van der Waals surface area contributed by atoms with Gasteiger partial charge in [-0.25, -0.2) is 9.67 Å². The zero-order valence-electron chi connectivity index (χ0n) is 15.3. The van der Waals surface area contributed by atoms with E-state index in [2.05, 4.69) is 10.1 Å². The van der Waals surface area contributed by atoms with Crippen LogP contribution in [0, 0.1) is 25.2 Å². The summed E-state index contributed by atoms with van der Waals surface area (Å²) in [6.07, 6.45) is 0. The minimum Gasteiger partial charge on any atom is -0.497 e. The summed E-state index contributed by atoms with van der Waals surface area (Å²) in [6.45, 7) is 3.83. The quantitative estimate of drug-likeness (QED) is 0.693. The normalized spacial score (nSPS) is 10.3. The molecule has 136 valence electrons. The molecule has 0 atom stereocenters. The molecule has 7 nitrogen and oxygen atoms in total. The first kappa shape index (κ1) is 18.1. The Kier molecular flexibility index (Phi) is 5.18. The molecule has 2 aromatic heterocycles. The number of rotatable bonds is 5. The summed E-state index contributed by atoms with van der Waals surface area (Å²) in [7, 11) is 1.60. The molecule has 7 heteroatoms. The number of nitriles is 1. The fourth-order valence-corrected chi connectivity index (χ4v) is 2.56. The van der Waals surface area contributed by atoms with Crippen LogP contribution < -0.4 is 15.0 Å². The van der Waals surface area contributed by atoms with Crippen LogP contribution in [0.2, 0.25) is 0 Å². The van der Waals surface area contributed by atoms with Gasteiger partial charge < -0.3 is 9.47 Å². The van der Waals surface area contributed by atoms with Crippen molar-refractivity contribution in [1.82, 2.24) is 14.8 Å². The Balaban J connectivity index is 1.91. The monoisotopic (exact) mass is 362 g/mol. The summed E-state index contributed by atoms with van der Waals surface area (Å²) in [6, 6.07) is 14.2. The lowest BCUT2D eigenvalue weighted by Crippen LogP contribution is -2.25. The van der Waals surface area contributed by atoms with Crippen molar-refractivity contribution in [3.8, 4) is 23.3 Å². The molecule has 0 saturated heterocycles. The van der Waals surface area contributed by atoms with Crippen molar-refractivity contribution in [3.63, 3.8) is 0 Å². The summed E-state index contributed by atoms with van der Waals surface area (Å²) < 4.78 is 12.3. The molecule has 0 radical (unpaired) electrons. The number of hydrogen-bond donors (Lipinski definition) is 0.